The standard InChI is InChI=1S/C18H27ClN2O2/c1-18(2,3)23-17(22)20-10-4-5-11-21-12-9-15-14(13-21)7-6-8-16(15)19/h6-8H,4-5,9-13H2,1-3H3,(H,20,22). The summed E-state index contributed by atoms with van der Waals surface area (Å²) in [6, 6.07) is 6.16. The van der Waals surface area contributed by atoms with Gasteiger partial charge in [-0.3, -0.25) is 4.90 Å². The van der Waals surface area contributed by atoms with E-state index in [1.807, 2.05) is 32.9 Å². The molecule has 0 radical (unpaired) electrons. The molecule has 0 unspecified atom stereocenters. The van der Waals surface area contributed by atoms with Gasteiger partial charge in [0.1, 0.15) is 5.60 Å². The van der Waals surface area contributed by atoms with Gasteiger partial charge in [0.05, 0.1) is 0 Å². The third-order valence-corrected chi connectivity index (χ3v) is 4.21. The summed E-state index contributed by atoms with van der Waals surface area (Å²) in [6.45, 7) is 9.33. The number of rotatable bonds is 5. The van der Waals surface area contributed by atoms with Gasteiger partial charge in [0.25, 0.3) is 0 Å². The van der Waals surface area contributed by atoms with Crippen LogP contribution in [0.1, 0.15) is 44.7 Å². The lowest BCUT2D eigenvalue weighted by Gasteiger charge is -2.29. The summed E-state index contributed by atoms with van der Waals surface area (Å²) in [5.41, 5.74) is 2.21. The van der Waals surface area contributed by atoms with E-state index in [2.05, 4.69) is 16.3 Å². The highest BCUT2D eigenvalue weighted by molar-refractivity contribution is 6.31. The fourth-order valence-electron chi connectivity index (χ4n) is 2.78. The van der Waals surface area contributed by atoms with Crippen LogP contribution < -0.4 is 5.32 Å². The van der Waals surface area contributed by atoms with Gasteiger partial charge in [-0.05, 0) is 63.8 Å². The number of fused-ring (bicyclic) bond motifs is 1. The van der Waals surface area contributed by atoms with Crippen molar-refractivity contribution in [3.05, 3.63) is 34.3 Å². The molecule has 0 saturated heterocycles. The van der Waals surface area contributed by atoms with Gasteiger partial charge >= 0.3 is 6.09 Å². The number of hydrogen-bond donors (Lipinski definition) is 1. The van der Waals surface area contributed by atoms with Crippen LogP contribution in [0.5, 0.6) is 0 Å². The number of nitrogens with one attached hydrogen (secondary N) is 1. The van der Waals surface area contributed by atoms with Crippen LogP contribution in [0.3, 0.4) is 0 Å². The molecule has 1 aliphatic rings. The highest BCUT2D eigenvalue weighted by atomic mass is 35.5. The first-order valence-corrected chi connectivity index (χ1v) is 8.68. The van der Waals surface area contributed by atoms with Crippen molar-refractivity contribution in [3.8, 4) is 0 Å². The van der Waals surface area contributed by atoms with Crippen LogP contribution in [0.25, 0.3) is 0 Å². The molecule has 1 aromatic carbocycles. The molecule has 0 aliphatic carbocycles. The summed E-state index contributed by atoms with van der Waals surface area (Å²) in [5, 5.41) is 3.70. The number of ether oxygens (including phenoxy) is 1. The number of benzene rings is 1. The summed E-state index contributed by atoms with van der Waals surface area (Å²) < 4.78 is 5.21. The van der Waals surface area contributed by atoms with Crippen LogP contribution in [0.4, 0.5) is 4.79 Å². The van der Waals surface area contributed by atoms with E-state index in [-0.39, 0.29) is 6.09 Å². The molecular formula is C18H27ClN2O2. The lowest BCUT2D eigenvalue weighted by atomic mass is 9.99. The minimum absolute atomic E-state index is 0.334. The van der Waals surface area contributed by atoms with Gasteiger partial charge in [0.15, 0.2) is 0 Å². The van der Waals surface area contributed by atoms with Crippen molar-refractivity contribution in [3.63, 3.8) is 0 Å². The molecule has 128 valence electrons. The van der Waals surface area contributed by atoms with Crippen LogP contribution in [0.2, 0.25) is 5.02 Å². The molecule has 0 bridgehead atoms. The smallest absolute Gasteiger partial charge is 0.407 e. The second kappa shape index (κ2) is 8.02. The quantitative estimate of drug-likeness (QED) is 0.825. The molecule has 0 spiro atoms. The fraction of sp³-hybridized carbons (Fsp3) is 0.611. The van der Waals surface area contributed by atoms with E-state index in [1.165, 1.54) is 11.1 Å². The van der Waals surface area contributed by atoms with E-state index in [0.29, 0.717) is 6.54 Å². The number of carbonyl (C=O) groups excluding carboxylic acids is 1. The Bertz CT molecular complexity index is 540. The Morgan fingerprint density at radius 1 is 1.35 bits per heavy atom. The molecule has 1 amide bonds. The van der Waals surface area contributed by atoms with Crippen molar-refractivity contribution in [2.45, 2.75) is 52.2 Å². The first-order valence-electron chi connectivity index (χ1n) is 8.30. The SMILES string of the molecule is CC(C)(C)OC(=O)NCCCCN1CCc2c(Cl)cccc2C1. The molecule has 0 saturated carbocycles. The maximum atomic E-state index is 11.5. The third-order valence-electron chi connectivity index (χ3n) is 3.86. The minimum atomic E-state index is -0.438. The molecule has 1 aromatic rings. The van der Waals surface area contributed by atoms with Gasteiger partial charge in [0.2, 0.25) is 0 Å². The van der Waals surface area contributed by atoms with E-state index < -0.39 is 5.60 Å². The fourth-order valence-corrected chi connectivity index (χ4v) is 3.07. The lowest BCUT2D eigenvalue weighted by molar-refractivity contribution is 0.0526. The van der Waals surface area contributed by atoms with Gasteiger partial charge in [-0.15, -0.1) is 0 Å². The monoisotopic (exact) mass is 338 g/mol. The van der Waals surface area contributed by atoms with Crippen molar-refractivity contribution in [2.75, 3.05) is 19.6 Å². The van der Waals surface area contributed by atoms with Crippen molar-refractivity contribution in [2.24, 2.45) is 0 Å². The Hall–Kier alpha value is -1.26. The van der Waals surface area contributed by atoms with E-state index in [4.69, 9.17) is 16.3 Å². The van der Waals surface area contributed by atoms with Crippen molar-refractivity contribution in [1.82, 2.24) is 10.2 Å². The van der Waals surface area contributed by atoms with Crippen molar-refractivity contribution < 1.29 is 9.53 Å². The number of halogens is 1. The van der Waals surface area contributed by atoms with Gasteiger partial charge in [-0.1, -0.05) is 23.7 Å². The molecule has 0 atom stereocenters. The molecule has 0 fully saturated rings. The zero-order valence-electron chi connectivity index (χ0n) is 14.3. The average Bonchev–Trinajstić information content (AvgIpc) is 2.45. The third kappa shape index (κ3) is 6.04. The van der Waals surface area contributed by atoms with Crippen LogP contribution >= 0.6 is 11.6 Å². The second-order valence-corrected chi connectivity index (χ2v) is 7.45. The average molecular weight is 339 g/mol. The Balaban J connectivity index is 1.64. The van der Waals surface area contributed by atoms with Crippen LogP contribution in [-0.4, -0.2) is 36.2 Å². The zero-order valence-corrected chi connectivity index (χ0v) is 15.1. The summed E-state index contributed by atoms with van der Waals surface area (Å²) in [7, 11) is 0. The number of amides is 1. The second-order valence-electron chi connectivity index (χ2n) is 7.04. The predicted octanol–water partition coefficient (Wildman–Crippen LogP) is 4.00. The van der Waals surface area contributed by atoms with Gasteiger partial charge in [0, 0.05) is 24.7 Å². The van der Waals surface area contributed by atoms with Crippen molar-refractivity contribution in [1.29, 1.82) is 0 Å². The molecule has 1 heterocycles. The molecule has 4 nitrogen and oxygen atoms in total. The molecular weight excluding hydrogens is 312 g/mol. The molecule has 5 heteroatoms. The Morgan fingerprint density at radius 3 is 2.87 bits per heavy atom. The number of unbranched alkanes of at least 4 members (excludes halogenated alkanes) is 1. The molecule has 23 heavy (non-hydrogen) atoms. The topological polar surface area (TPSA) is 41.6 Å². The maximum Gasteiger partial charge on any atom is 0.407 e. The summed E-state index contributed by atoms with van der Waals surface area (Å²) in [6.07, 6.45) is 2.70. The molecule has 1 aliphatic heterocycles. The summed E-state index contributed by atoms with van der Waals surface area (Å²) in [5.74, 6) is 0. The van der Waals surface area contributed by atoms with E-state index in [9.17, 15) is 4.79 Å². The Morgan fingerprint density at radius 2 is 2.13 bits per heavy atom. The normalized spacial score (nSPS) is 15.1. The van der Waals surface area contributed by atoms with Gasteiger partial charge < -0.3 is 10.1 Å². The van der Waals surface area contributed by atoms with E-state index in [0.717, 1.165) is 43.9 Å². The first kappa shape index (κ1) is 18.1. The van der Waals surface area contributed by atoms with Crippen LogP contribution in [-0.2, 0) is 17.7 Å². The van der Waals surface area contributed by atoms with Crippen molar-refractivity contribution >= 4 is 17.7 Å². The number of alkyl carbamates (subject to hydrolysis) is 1. The lowest BCUT2D eigenvalue weighted by Crippen LogP contribution is -2.34. The highest BCUT2D eigenvalue weighted by Gasteiger charge is 2.18. The molecule has 0 aromatic heterocycles. The van der Waals surface area contributed by atoms with Crippen LogP contribution in [0, 0.1) is 0 Å². The predicted molar refractivity (Wildman–Crippen MR) is 93.9 cm³/mol. The molecule has 2 rings (SSSR count). The number of carbonyl (C=O) groups is 1. The number of nitrogens with zero attached hydrogens (tertiary/aromatic N) is 1. The van der Waals surface area contributed by atoms with E-state index in [1.54, 1.807) is 0 Å². The summed E-state index contributed by atoms with van der Waals surface area (Å²) in [4.78, 5) is 14.0. The van der Waals surface area contributed by atoms with E-state index >= 15 is 0 Å². The minimum Gasteiger partial charge on any atom is -0.444 e. The molecule has 1 N–H and O–H groups in total. The Kier molecular flexibility index (Phi) is 6.31. The Labute approximate surface area is 144 Å². The maximum absolute atomic E-state index is 11.5. The first-order chi connectivity index (χ1) is 10.8. The van der Waals surface area contributed by atoms with Crippen LogP contribution in [0.15, 0.2) is 18.2 Å². The zero-order chi connectivity index (χ0) is 16.9. The van der Waals surface area contributed by atoms with Gasteiger partial charge in [-0.2, -0.15) is 0 Å². The largest absolute Gasteiger partial charge is 0.444 e. The number of hydrogen-bond acceptors (Lipinski definition) is 3. The highest BCUT2D eigenvalue weighted by Crippen LogP contribution is 2.25. The summed E-state index contributed by atoms with van der Waals surface area (Å²) >= 11 is 6.24. The van der Waals surface area contributed by atoms with Gasteiger partial charge in [-0.25, -0.2) is 4.79 Å².